The van der Waals surface area contributed by atoms with Gasteiger partial charge in [0.15, 0.2) is 5.65 Å². The van der Waals surface area contributed by atoms with E-state index in [-0.39, 0.29) is 0 Å². The van der Waals surface area contributed by atoms with Crippen LogP contribution in [0.3, 0.4) is 0 Å². The highest BCUT2D eigenvalue weighted by Gasteiger charge is 2.31. The zero-order valence-electron chi connectivity index (χ0n) is 9.70. The van der Waals surface area contributed by atoms with Gasteiger partial charge in [-0.15, -0.1) is 0 Å². The summed E-state index contributed by atoms with van der Waals surface area (Å²) < 4.78 is 2.01. The van der Waals surface area contributed by atoms with Crippen molar-refractivity contribution in [1.82, 2.24) is 20.0 Å². The van der Waals surface area contributed by atoms with Crippen LogP contribution in [0, 0.1) is 0 Å². The van der Waals surface area contributed by atoms with Crippen LogP contribution < -0.4 is 5.73 Å². The molecule has 1 aliphatic carbocycles. The third kappa shape index (κ3) is 1.24. The minimum absolute atomic E-state index is 0.373. The van der Waals surface area contributed by atoms with Crippen LogP contribution in [-0.2, 0) is 0 Å². The van der Waals surface area contributed by atoms with Crippen LogP contribution in [-0.4, -0.2) is 20.0 Å². The van der Waals surface area contributed by atoms with Gasteiger partial charge < -0.3 is 5.73 Å². The number of hydrogen-bond acceptors (Lipinski definition) is 3. The van der Waals surface area contributed by atoms with Gasteiger partial charge in [-0.3, -0.25) is 5.10 Å². The van der Waals surface area contributed by atoms with Gasteiger partial charge in [0.05, 0.1) is 17.1 Å². The topological polar surface area (TPSA) is 72.5 Å². The molecule has 1 atom stereocenters. The summed E-state index contributed by atoms with van der Waals surface area (Å²) in [7, 11) is 0. The molecule has 3 rings (SSSR count). The molecule has 5 nitrogen and oxygen atoms in total. The molecule has 0 spiro atoms. The lowest BCUT2D eigenvalue weighted by atomic mass is 10.2. The van der Waals surface area contributed by atoms with E-state index in [9.17, 15) is 0 Å². The summed E-state index contributed by atoms with van der Waals surface area (Å²) in [5.41, 5.74) is 7.98. The van der Waals surface area contributed by atoms with Crippen LogP contribution in [0.15, 0.2) is 0 Å². The van der Waals surface area contributed by atoms with E-state index in [0.717, 1.165) is 23.1 Å². The largest absolute Gasteiger partial charge is 0.383 e. The quantitative estimate of drug-likeness (QED) is 0.831. The van der Waals surface area contributed by atoms with Crippen LogP contribution in [0.25, 0.3) is 11.0 Å². The molecule has 2 aromatic heterocycles. The normalized spacial score (nSPS) is 18.1. The number of nitrogen functional groups attached to an aromatic ring is 1. The fourth-order valence-electron chi connectivity index (χ4n) is 2.10. The zero-order chi connectivity index (χ0) is 11.3. The molecule has 0 amide bonds. The van der Waals surface area contributed by atoms with Crippen molar-refractivity contribution in [2.24, 2.45) is 0 Å². The van der Waals surface area contributed by atoms with Gasteiger partial charge in [-0.05, 0) is 26.2 Å². The number of nitrogens with one attached hydrogen (secondary N) is 1. The predicted octanol–water partition coefficient (Wildman–Crippen LogP) is 2.19. The van der Waals surface area contributed by atoms with Crippen LogP contribution in [0.5, 0.6) is 0 Å². The maximum Gasteiger partial charge on any atom is 0.182 e. The lowest BCUT2D eigenvalue weighted by Crippen LogP contribution is -2.06. The van der Waals surface area contributed by atoms with Crippen LogP contribution in [0.4, 0.5) is 5.82 Å². The smallest absolute Gasteiger partial charge is 0.182 e. The molecule has 0 aliphatic heterocycles. The van der Waals surface area contributed by atoms with Crippen molar-refractivity contribution >= 4 is 16.9 Å². The highest BCUT2D eigenvalue weighted by Crippen LogP contribution is 2.43. The standard InChI is InChI=1S/C11H17N5/c1-3-6(2)16-11-8(10(12)13-14-11)9(15-16)7-4-5-7/h6-7H,3-5H2,1-2H3,(H3,12,13,14). The van der Waals surface area contributed by atoms with Crippen molar-refractivity contribution in [1.29, 1.82) is 0 Å². The number of H-pyrrole nitrogens is 1. The molecule has 2 aromatic rings. The van der Waals surface area contributed by atoms with Gasteiger partial charge in [0.2, 0.25) is 0 Å². The van der Waals surface area contributed by atoms with Gasteiger partial charge in [-0.2, -0.15) is 10.2 Å². The Kier molecular flexibility index (Phi) is 1.96. The second-order valence-corrected chi connectivity index (χ2v) is 4.70. The van der Waals surface area contributed by atoms with E-state index in [0.29, 0.717) is 17.8 Å². The number of nitrogens with two attached hydrogens (primary N) is 1. The number of aromatic amines is 1. The third-order valence-corrected chi connectivity index (χ3v) is 3.44. The number of rotatable bonds is 3. The minimum Gasteiger partial charge on any atom is -0.383 e. The molecule has 5 heteroatoms. The Morgan fingerprint density at radius 3 is 2.94 bits per heavy atom. The summed E-state index contributed by atoms with van der Waals surface area (Å²) in [5, 5.41) is 12.9. The summed E-state index contributed by atoms with van der Waals surface area (Å²) >= 11 is 0. The summed E-state index contributed by atoms with van der Waals surface area (Å²) in [6.07, 6.45) is 3.52. The lowest BCUT2D eigenvalue weighted by molar-refractivity contribution is 0.484. The molecule has 0 aromatic carbocycles. The summed E-state index contributed by atoms with van der Waals surface area (Å²) in [4.78, 5) is 0. The van der Waals surface area contributed by atoms with Gasteiger partial charge in [0.25, 0.3) is 0 Å². The Morgan fingerprint density at radius 1 is 1.56 bits per heavy atom. The Morgan fingerprint density at radius 2 is 2.31 bits per heavy atom. The Bertz CT molecular complexity index is 520. The molecular weight excluding hydrogens is 202 g/mol. The van der Waals surface area contributed by atoms with Crippen molar-refractivity contribution in [2.75, 3.05) is 5.73 Å². The summed E-state index contributed by atoms with van der Waals surface area (Å²) in [5.74, 6) is 1.26. The number of hydrogen-bond donors (Lipinski definition) is 2. The molecule has 0 radical (unpaired) electrons. The first kappa shape index (κ1) is 9.69. The van der Waals surface area contributed by atoms with Gasteiger partial charge in [-0.1, -0.05) is 6.92 Å². The SMILES string of the molecule is CCC(C)n1nc(C2CC2)c2c(N)[nH]nc21. The monoisotopic (exact) mass is 219 g/mol. The number of fused-ring (bicyclic) bond motifs is 1. The predicted molar refractivity (Wildman–Crippen MR) is 63.3 cm³/mol. The second kappa shape index (κ2) is 3.23. The van der Waals surface area contributed by atoms with Crippen LogP contribution in [0.2, 0.25) is 0 Å². The first-order valence-electron chi connectivity index (χ1n) is 5.94. The van der Waals surface area contributed by atoms with Crippen LogP contribution in [0.1, 0.15) is 50.8 Å². The molecule has 0 bridgehead atoms. The molecule has 0 saturated heterocycles. The van der Waals surface area contributed by atoms with Gasteiger partial charge >= 0.3 is 0 Å². The highest BCUT2D eigenvalue weighted by atomic mass is 15.4. The lowest BCUT2D eigenvalue weighted by Gasteiger charge is -2.08. The molecule has 3 N–H and O–H groups in total. The fourth-order valence-corrected chi connectivity index (χ4v) is 2.10. The van der Waals surface area contributed by atoms with Gasteiger partial charge in [0, 0.05) is 5.92 Å². The van der Waals surface area contributed by atoms with E-state index >= 15 is 0 Å². The zero-order valence-corrected chi connectivity index (χ0v) is 9.70. The highest BCUT2D eigenvalue weighted by molar-refractivity contribution is 5.89. The summed E-state index contributed by atoms with van der Waals surface area (Å²) in [6, 6.07) is 0.373. The fraction of sp³-hybridized carbons (Fsp3) is 0.636. The Hall–Kier alpha value is -1.52. The number of aromatic nitrogens is 4. The number of anilines is 1. The van der Waals surface area contributed by atoms with Gasteiger partial charge in [-0.25, -0.2) is 4.68 Å². The van der Waals surface area contributed by atoms with Crippen molar-refractivity contribution < 1.29 is 0 Å². The number of nitrogens with zero attached hydrogens (tertiary/aromatic N) is 3. The Labute approximate surface area is 94.0 Å². The van der Waals surface area contributed by atoms with E-state index in [1.165, 1.54) is 12.8 Å². The molecule has 86 valence electrons. The summed E-state index contributed by atoms with van der Waals surface area (Å²) in [6.45, 7) is 4.32. The van der Waals surface area contributed by atoms with E-state index in [4.69, 9.17) is 10.8 Å². The molecule has 1 fully saturated rings. The minimum atomic E-state index is 0.373. The average Bonchev–Trinajstić information content (AvgIpc) is 2.96. The first-order chi connectivity index (χ1) is 7.72. The maximum absolute atomic E-state index is 5.93. The maximum atomic E-state index is 5.93. The average molecular weight is 219 g/mol. The van der Waals surface area contributed by atoms with E-state index in [1.807, 2.05) is 4.68 Å². The molecular formula is C11H17N5. The molecule has 1 aliphatic rings. The third-order valence-electron chi connectivity index (χ3n) is 3.44. The van der Waals surface area contributed by atoms with E-state index in [2.05, 4.69) is 24.0 Å². The van der Waals surface area contributed by atoms with E-state index in [1.54, 1.807) is 0 Å². The molecule has 1 saturated carbocycles. The van der Waals surface area contributed by atoms with Crippen LogP contribution >= 0.6 is 0 Å². The second-order valence-electron chi connectivity index (χ2n) is 4.70. The van der Waals surface area contributed by atoms with Crippen molar-refractivity contribution in [3.63, 3.8) is 0 Å². The van der Waals surface area contributed by atoms with Crippen molar-refractivity contribution in [3.05, 3.63) is 5.69 Å². The first-order valence-corrected chi connectivity index (χ1v) is 5.94. The molecule has 1 unspecified atom stereocenters. The molecule has 16 heavy (non-hydrogen) atoms. The van der Waals surface area contributed by atoms with Gasteiger partial charge in [0.1, 0.15) is 5.82 Å². The van der Waals surface area contributed by atoms with Crippen molar-refractivity contribution in [2.45, 2.75) is 45.1 Å². The molecule has 2 heterocycles. The van der Waals surface area contributed by atoms with Crippen molar-refractivity contribution in [3.8, 4) is 0 Å². The Balaban J connectivity index is 2.21. The van der Waals surface area contributed by atoms with E-state index < -0.39 is 0 Å².